The summed E-state index contributed by atoms with van der Waals surface area (Å²) in [5.74, 6) is 1.36. The van der Waals surface area contributed by atoms with Gasteiger partial charge in [0.15, 0.2) is 5.82 Å². The predicted octanol–water partition coefficient (Wildman–Crippen LogP) is 4.98. The fourth-order valence-electron chi connectivity index (χ4n) is 4.44. The van der Waals surface area contributed by atoms with Crippen LogP contribution in [-0.2, 0) is 19.1 Å². The summed E-state index contributed by atoms with van der Waals surface area (Å²) in [7, 11) is 1.54. The van der Waals surface area contributed by atoms with Gasteiger partial charge in [-0.1, -0.05) is 18.2 Å². The summed E-state index contributed by atoms with van der Waals surface area (Å²) in [6, 6.07) is 9.41. The van der Waals surface area contributed by atoms with Gasteiger partial charge in [-0.3, -0.25) is 0 Å². The van der Waals surface area contributed by atoms with Gasteiger partial charge in [-0.15, -0.1) is 5.10 Å². The molecule has 34 heavy (non-hydrogen) atoms. The molecule has 1 aromatic carbocycles. The van der Waals surface area contributed by atoms with Crippen LogP contribution in [0.1, 0.15) is 41.4 Å². The van der Waals surface area contributed by atoms with Crippen LogP contribution in [-0.4, -0.2) is 36.4 Å². The first-order valence-corrected chi connectivity index (χ1v) is 11.0. The van der Waals surface area contributed by atoms with E-state index in [9.17, 15) is 13.2 Å². The molecular formula is C24H23F3N6O. The number of halogens is 3. The summed E-state index contributed by atoms with van der Waals surface area (Å²) < 4.78 is 49.6. The Hall–Kier alpha value is -3.69. The quantitative estimate of drug-likeness (QED) is 0.413. The molecule has 0 saturated carbocycles. The number of nitrogens with zero attached hydrogens (tertiary/aromatic N) is 6. The molecule has 4 heterocycles. The number of ether oxygens (including phenoxy) is 1. The predicted molar refractivity (Wildman–Crippen MR) is 119 cm³/mol. The molecule has 0 fully saturated rings. The monoisotopic (exact) mass is 468 g/mol. The zero-order chi connectivity index (χ0) is 23.9. The number of aryl methyl sites for hydroxylation is 2. The second kappa shape index (κ2) is 8.58. The fourth-order valence-corrected chi connectivity index (χ4v) is 4.44. The van der Waals surface area contributed by atoms with Crippen molar-refractivity contribution < 1.29 is 17.9 Å². The SMILES string of the molecule is COc1nc(-c2nc3n(n2)CCC[C@H]3Cc2ccccc2C(F)(F)F)ccc1-n1cnc(C)c1. The summed E-state index contributed by atoms with van der Waals surface area (Å²) in [4.78, 5) is 13.5. The fraction of sp³-hybridized carbons (Fsp3) is 0.333. The van der Waals surface area contributed by atoms with E-state index >= 15 is 0 Å². The molecule has 1 aliphatic heterocycles. The van der Waals surface area contributed by atoms with Gasteiger partial charge in [-0.05, 0) is 49.9 Å². The third kappa shape index (κ3) is 4.15. The number of pyridine rings is 1. The minimum absolute atomic E-state index is 0.159. The Morgan fingerprint density at radius 2 is 1.94 bits per heavy atom. The first-order chi connectivity index (χ1) is 16.3. The number of benzene rings is 1. The van der Waals surface area contributed by atoms with E-state index in [1.54, 1.807) is 30.3 Å². The van der Waals surface area contributed by atoms with Gasteiger partial charge >= 0.3 is 6.18 Å². The number of hydrogen-bond acceptors (Lipinski definition) is 5. The molecule has 0 aliphatic carbocycles. The zero-order valence-corrected chi connectivity index (χ0v) is 18.8. The third-order valence-corrected chi connectivity index (χ3v) is 6.03. The van der Waals surface area contributed by atoms with Crippen molar-refractivity contribution in [3.8, 4) is 23.1 Å². The molecule has 0 spiro atoms. The molecule has 1 atom stereocenters. The lowest BCUT2D eigenvalue weighted by Gasteiger charge is -2.23. The van der Waals surface area contributed by atoms with Gasteiger partial charge in [0, 0.05) is 18.7 Å². The van der Waals surface area contributed by atoms with E-state index in [2.05, 4.69) is 15.1 Å². The Labute approximate surface area is 194 Å². The van der Waals surface area contributed by atoms with Crippen LogP contribution in [0.5, 0.6) is 5.88 Å². The third-order valence-electron chi connectivity index (χ3n) is 6.03. The van der Waals surface area contributed by atoms with Crippen molar-refractivity contribution >= 4 is 0 Å². The minimum atomic E-state index is -4.39. The largest absolute Gasteiger partial charge is 0.479 e. The lowest BCUT2D eigenvalue weighted by atomic mass is 9.89. The average Bonchev–Trinajstić information content (AvgIpc) is 3.45. The maximum absolute atomic E-state index is 13.5. The number of hydrogen-bond donors (Lipinski definition) is 0. The molecule has 4 aromatic rings. The van der Waals surface area contributed by atoms with Crippen molar-refractivity contribution in [3.63, 3.8) is 0 Å². The van der Waals surface area contributed by atoms with Crippen LogP contribution in [0.2, 0.25) is 0 Å². The number of rotatable bonds is 5. The van der Waals surface area contributed by atoms with Gasteiger partial charge in [0.05, 0.1) is 24.7 Å². The Bertz CT molecular complexity index is 1330. The average molecular weight is 468 g/mol. The minimum Gasteiger partial charge on any atom is -0.479 e. The molecule has 1 aliphatic rings. The van der Waals surface area contributed by atoms with E-state index in [-0.39, 0.29) is 17.9 Å². The Balaban J connectivity index is 1.47. The lowest BCUT2D eigenvalue weighted by molar-refractivity contribution is -0.138. The molecule has 10 heteroatoms. The Kier molecular flexibility index (Phi) is 5.59. The second-order valence-corrected chi connectivity index (χ2v) is 8.36. The van der Waals surface area contributed by atoms with E-state index in [1.165, 1.54) is 6.07 Å². The van der Waals surface area contributed by atoms with Gasteiger partial charge in [0.2, 0.25) is 5.88 Å². The van der Waals surface area contributed by atoms with Crippen LogP contribution in [0.15, 0.2) is 48.9 Å². The number of alkyl halides is 3. The first-order valence-electron chi connectivity index (χ1n) is 11.0. The highest BCUT2D eigenvalue weighted by atomic mass is 19.4. The first kappa shape index (κ1) is 22.1. The smallest absolute Gasteiger partial charge is 0.416 e. The molecule has 7 nitrogen and oxygen atoms in total. The van der Waals surface area contributed by atoms with Crippen molar-refractivity contribution in [1.82, 2.24) is 29.3 Å². The summed E-state index contributed by atoms with van der Waals surface area (Å²) in [6.45, 7) is 2.57. The van der Waals surface area contributed by atoms with Gasteiger partial charge in [-0.25, -0.2) is 19.6 Å². The van der Waals surface area contributed by atoms with Crippen LogP contribution in [0.25, 0.3) is 17.2 Å². The van der Waals surface area contributed by atoms with Crippen LogP contribution in [0.3, 0.4) is 0 Å². The van der Waals surface area contributed by atoms with Crippen molar-refractivity contribution in [2.24, 2.45) is 0 Å². The van der Waals surface area contributed by atoms with Crippen LogP contribution >= 0.6 is 0 Å². The number of fused-ring (bicyclic) bond motifs is 1. The summed E-state index contributed by atoms with van der Waals surface area (Å²) >= 11 is 0. The standard InChI is InChI=1S/C24H23F3N6O/c1-15-13-32(14-28-15)20-10-9-19(29-23(20)34-2)21-30-22-17(7-5-11-33(22)31-21)12-16-6-3-4-8-18(16)24(25,26)27/h3-4,6,8-10,13-14,17H,5,7,11-12H2,1-2H3/t17-/m0/s1. The molecule has 5 rings (SSSR count). The van der Waals surface area contributed by atoms with E-state index in [4.69, 9.17) is 9.72 Å². The zero-order valence-electron chi connectivity index (χ0n) is 18.8. The molecule has 176 valence electrons. The van der Waals surface area contributed by atoms with E-state index < -0.39 is 11.7 Å². The van der Waals surface area contributed by atoms with Gasteiger partial charge in [0.1, 0.15) is 17.2 Å². The van der Waals surface area contributed by atoms with Crippen LogP contribution < -0.4 is 4.74 Å². The maximum Gasteiger partial charge on any atom is 0.416 e. The van der Waals surface area contributed by atoms with Crippen LogP contribution in [0.4, 0.5) is 13.2 Å². The summed E-state index contributed by atoms with van der Waals surface area (Å²) in [6.07, 6.45) is 0.996. The van der Waals surface area contributed by atoms with Gasteiger partial charge in [0.25, 0.3) is 0 Å². The molecular weight excluding hydrogens is 445 g/mol. The van der Waals surface area contributed by atoms with Crippen molar-refractivity contribution in [3.05, 3.63) is 71.6 Å². The molecule has 0 bridgehead atoms. The topological polar surface area (TPSA) is 70.7 Å². The lowest BCUT2D eigenvalue weighted by Crippen LogP contribution is -2.20. The number of methoxy groups -OCH3 is 1. The van der Waals surface area contributed by atoms with E-state index in [0.29, 0.717) is 29.8 Å². The van der Waals surface area contributed by atoms with Gasteiger partial charge < -0.3 is 9.30 Å². The van der Waals surface area contributed by atoms with Crippen molar-refractivity contribution in [2.75, 3.05) is 7.11 Å². The number of aromatic nitrogens is 6. The highest BCUT2D eigenvalue weighted by Crippen LogP contribution is 2.37. The Morgan fingerprint density at radius 3 is 2.68 bits per heavy atom. The molecule has 0 unspecified atom stereocenters. The van der Waals surface area contributed by atoms with Gasteiger partial charge in [-0.2, -0.15) is 13.2 Å². The van der Waals surface area contributed by atoms with E-state index in [1.807, 2.05) is 29.8 Å². The Morgan fingerprint density at radius 1 is 1.12 bits per heavy atom. The number of imidazole rings is 1. The summed E-state index contributed by atoms with van der Waals surface area (Å²) in [5, 5.41) is 4.61. The maximum atomic E-state index is 13.5. The highest BCUT2D eigenvalue weighted by Gasteiger charge is 2.34. The highest BCUT2D eigenvalue weighted by molar-refractivity contribution is 5.55. The van der Waals surface area contributed by atoms with Crippen molar-refractivity contribution in [2.45, 2.75) is 44.8 Å². The molecule has 3 aromatic heterocycles. The summed E-state index contributed by atoms with van der Waals surface area (Å²) in [5.41, 5.74) is 1.82. The normalized spacial score (nSPS) is 15.9. The van der Waals surface area contributed by atoms with Crippen molar-refractivity contribution in [1.29, 1.82) is 0 Å². The second-order valence-electron chi connectivity index (χ2n) is 8.36. The van der Waals surface area contributed by atoms with Crippen LogP contribution in [0, 0.1) is 6.92 Å². The molecule has 0 amide bonds. The molecule has 0 radical (unpaired) electrons. The van der Waals surface area contributed by atoms with E-state index in [0.717, 1.165) is 30.3 Å². The molecule has 0 N–H and O–H groups in total. The molecule has 0 saturated heterocycles.